The third-order valence-corrected chi connectivity index (χ3v) is 6.88. The first kappa shape index (κ1) is 31.1. The van der Waals surface area contributed by atoms with Crippen molar-refractivity contribution in [2.45, 2.75) is 92.4 Å². The van der Waals surface area contributed by atoms with E-state index < -0.39 is 5.92 Å². The molecule has 4 N–H and O–H groups in total. The first-order chi connectivity index (χ1) is 17.4. The van der Waals surface area contributed by atoms with Crippen LogP contribution in [-0.4, -0.2) is 17.7 Å². The van der Waals surface area contributed by atoms with Crippen LogP contribution in [0, 0.1) is 17.3 Å². The van der Waals surface area contributed by atoms with Crippen molar-refractivity contribution >= 4 is 29.1 Å². The van der Waals surface area contributed by atoms with Gasteiger partial charge in [0.25, 0.3) is 0 Å². The Morgan fingerprint density at radius 2 is 1.05 bits per heavy atom. The van der Waals surface area contributed by atoms with E-state index in [0.29, 0.717) is 24.2 Å². The van der Waals surface area contributed by atoms with Crippen molar-refractivity contribution in [1.82, 2.24) is 0 Å². The van der Waals surface area contributed by atoms with Crippen molar-refractivity contribution in [3.05, 3.63) is 59.7 Å². The van der Waals surface area contributed by atoms with Crippen LogP contribution < -0.4 is 16.4 Å². The quantitative estimate of drug-likeness (QED) is 0.300. The average Bonchev–Trinajstić information content (AvgIpc) is 2.76. The minimum absolute atomic E-state index is 0.000865. The van der Waals surface area contributed by atoms with Gasteiger partial charge in [-0.3, -0.25) is 14.4 Å². The number of anilines is 2. The number of benzene rings is 2. The Hall–Kier alpha value is -3.15. The van der Waals surface area contributed by atoms with Crippen molar-refractivity contribution in [2.24, 2.45) is 23.0 Å². The fourth-order valence-electron chi connectivity index (χ4n) is 4.87. The molecule has 0 saturated heterocycles. The minimum atomic E-state index is -0.921. The molecule has 1 unspecified atom stereocenters. The lowest BCUT2D eigenvalue weighted by Crippen LogP contribution is -2.37. The lowest BCUT2D eigenvalue weighted by Gasteiger charge is -2.31. The Bertz CT molecular complexity index is 1030. The number of rotatable bonds is 10. The zero-order chi connectivity index (χ0) is 28.9. The summed E-state index contributed by atoms with van der Waals surface area (Å²) >= 11 is 0. The van der Waals surface area contributed by atoms with E-state index in [2.05, 4.69) is 52.2 Å². The van der Waals surface area contributed by atoms with Gasteiger partial charge in [-0.2, -0.15) is 0 Å². The van der Waals surface area contributed by atoms with E-state index in [0.717, 1.165) is 11.1 Å². The molecule has 0 aliphatic rings. The summed E-state index contributed by atoms with van der Waals surface area (Å²) in [5.74, 6) is -1.93. The van der Waals surface area contributed by atoms with E-state index >= 15 is 0 Å². The molecule has 208 valence electrons. The smallest absolute Gasteiger partial charge is 0.236 e. The van der Waals surface area contributed by atoms with Crippen molar-refractivity contribution in [2.75, 3.05) is 10.6 Å². The number of hydrogen-bond donors (Lipinski definition) is 3. The predicted molar refractivity (Wildman–Crippen MR) is 157 cm³/mol. The van der Waals surface area contributed by atoms with Crippen LogP contribution in [0.5, 0.6) is 0 Å². The number of amides is 3. The molecule has 6 nitrogen and oxygen atoms in total. The molecule has 0 fully saturated rings. The molecule has 3 amide bonds. The van der Waals surface area contributed by atoms with Gasteiger partial charge in [-0.05, 0) is 70.4 Å². The fourth-order valence-corrected chi connectivity index (χ4v) is 4.87. The van der Waals surface area contributed by atoms with Crippen LogP contribution in [0.15, 0.2) is 48.5 Å². The Morgan fingerprint density at radius 1 is 0.684 bits per heavy atom. The zero-order valence-corrected chi connectivity index (χ0v) is 24.7. The molecule has 6 heteroatoms. The van der Waals surface area contributed by atoms with Gasteiger partial charge in [0.2, 0.25) is 17.7 Å². The normalized spacial score (nSPS) is 13.2. The summed E-state index contributed by atoms with van der Waals surface area (Å²) in [5, 5.41) is 5.90. The summed E-state index contributed by atoms with van der Waals surface area (Å²) in [7, 11) is 0. The van der Waals surface area contributed by atoms with Gasteiger partial charge in [-0.25, -0.2) is 0 Å². The fraction of sp³-hybridized carbons (Fsp3) is 0.531. The van der Waals surface area contributed by atoms with Crippen LogP contribution in [0.3, 0.4) is 0 Å². The molecule has 0 bridgehead atoms. The molecule has 0 aliphatic carbocycles. The summed E-state index contributed by atoms with van der Waals surface area (Å²) in [4.78, 5) is 38.4. The van der Waals surface area contributed by atoms with Gasteiger partial charge in [0, 0.05) is 17.8 Å². The molecule has 0 saturated carbocycles. The monoisotopic (exact) mass is 521 g/mol. The van der Waals surface area contributed by atoms with Gasteiger partial charge >= 0.3 is 0 Å². The first-order valence-corrected chi connectivity index (χ1v) is 13.5. The molecule has 2 rings (SSSR count). The Balaban J connectivity index is 2.27. The minimum Gasteiger partial charge on any atom is -0.370 e. The molecule has 2 aromatic carbocycles. The maximum atomic E-state index is 13.5. The number of hydrogen-bond acceptors (Lipinski definition) is 3. The van der Waals surface area contributed by atoms with Gasteiger partial charge in [-0.15, -0.1) is 0 Å². The molecule has 0 spiro atoms. The zero-order valence-electron chi connectivity index (χ0n) is 24.7. The van der Waals surface area contributed by atoms with Crippen LogP contribution in [0.4, 0.5) is 11.4 Å². The number of nitrogens with one attached hydrogen (secondary N) is 2. The van der Waals surface area contributed by atoms with Crippen LogP contribution in [0.25, 0.3) is 0 Å². The lowest BCUT2D eigenvalue weighted by atomic mass is 9.75. The van der Waals surface area contributed by atoms with Crippen LogP contribution in [0.1, 0.15) is 92.7 Å². The SMILES string of the molecule is CC(CC(N)=O)CC(C)(C)CC(C(=O)Nc1ccc(C(C)(C)C)cc1)C(=O)Nc1ccc(C(C)(C)C)cc1. The second kappa shape index (κ2) is 12.1. The van der Waals surface area contributed by atoms with Crippen molar-refractivity contribution < 1.29 is 14.4 Å². The summed E-state index contributed by atoms with van der Waals surface area (Å²) in [5.41, 5.74) is 8.63. The second-order valence-corrected chi connectivity index (χ2v) is 13.5. The number of primary amides is 1. The molecule has 1 atom stereocenters. The number of carbonyl (C=O) groups is 3. The van der Waals surface area contributed by atoms with Gasteiger partial charge in [0.1, 0.15) is 5.92 Å². The van der Waals surface area contributed by atoms with Gasteiger partial charge in [0.05, 0.1) is 0 Å². The Kier molecular flexibility index (Phi) is 9.93. The first-order valence-electron chi connectivity index (χ1n) is 13.5. The Morgan fingerprint density at radius 3 is 1.37 bits per heavy atom. The largest absolute Gasteiger partial charge is 0.370 e. The lowest BCUT2D eigenvalue weighted by molar-refractivity contribution is -0.131. The highest BCUT2D eigenvalue weighted by Gasteiger charge is 2.34. The highest BCUT2D eigenvalue weighted by Crippen LogP contribution is 2.35. The molecule has 2 aromatic rings. The maximum Gasteiger partial charge on any atom is 0.236 e. The van der Waals surface area contributed by atoms with E-state index in [1.807, 2.05) is 69.3 Å². The maximum absolute atomic E-state index is 13.5. The molecule has 0 aromatic heterocycles. The number of nitrogens with two attached hydrogens (primary N) is 1. The molecule has 0 radical (unpaired) electrons. The van der Waals surface area contributed by atoms with E-state index in [4.69, 9.17) is 5.73 Å². The number of carbonyl (C=O) groups excluding carboxylic acids is 3. The molecule has 0 heterocycles. The van der Waals surface area contributed by atoms with Crippen molar-refractivity contribution in [1.29, 1.82) is 0 Å². The van der Waals surface area contributed by atoms with E-state index in [9.17, 15) is 14.4 Å². The summed E-state index contributed by atoms with van der Waals surface area (Å²) in [6, 6.07) is 15.5. The molecule has 0 aliphatic heterocycles. The van der Waals surface area contributed by atoms with Crippen LogP contribution in [0.2, 0.25) is 0 Å². The van der Waals surface area contributed by atoms with Crippen molar-refractivity contribution in [3.63, 3.8) is 0 Å². The third kappa shape index (κ3) is 9.62. The predicted octanol–water partition coefficient (Wildman–Crippen LogP) is 6.79. The van der Waals surface area contributed by atoms with Gasteiger partial charge in [-0.1, -0.05) is 86.6 Å². The highest BCUT2D eigenvalue weighted by atomic mass is 16.2. The van der Waals surface area contributed by atoms with E-state index in [1.54, 1.807) is 0 Å². The van der Waals surface area contributed by atoms with Gasteiger partial charge in [0.15, 0.2) is 0 Å². The second-order valence-electron chi connectivity index (χ2n) is 13.5. The van der Waals surface area contributed by atoms with Crippen LogP contribution in [-0.2, 0) is 25.2 Å². The average molecular weight is 522 g/mol. The third-order valence-electron chi connectivity index (χ3n) is 6.88. The van der Waals surface area contributed by atoms with Crippen molar-refractivity contribution in [3.8, 4) is 0 Å². The molecular formula is C32H47N3O3. The van der Waals surface area contributed by atoms with E-state index in [1.165, 1.54) is 0 Å². The topological polar surface area (TPSA) is 101 Å². The Labute approximate surface area is 229 Å². The summed E-state index contributed by atoms with van der Waals surface area (Å²) in [6.07, 6.45) is 1.26. The summed E-state index contributed by atoms with van der Waals surface area (Å²) < 4.78 is 0. The highest BCUT2D eigenvalue weighted by molar-refractivity contribution is 6.10. The molecule has 38 heavy (non-hydrogen) atoms. The van der Waals surface area contributed by atoms with Gasteiger partial charge < -0.3 is 16.4 Å². The van der Waals surface area contributed by atoms with Crippen LogP contribution >= 0.6 is 0 Å². The molecular weight excluding hydrogens is 474 g/mol. The van der Waals surface area contributed by atoms with E-state index in [-0.39, 0.29) is 46.3 Å². The summed E-state index contributed by atoms with van der Waals surface area (Å²) in [6.45, 7) is 18.8. The standard InChI is InChI=1S/C32H47N3O3/c1-21(18-27(33)36)19-32(8,9)20-26(28(37)34-24-14-10-22(11-15-24)30(2,3)4)29(38)35-25-16-12-23(13-17-25)31(5,6)7/h10-17,21,26H,18-20H2,1-9H3,(H2,33,36)(H,34,37)(H,35,38).